The molecule has 3 atom stereocenters. The molecule has 0 aromatic heterocycles. The molecule has 0 amide bonds. The van der Waals surface area contributed by atoms with E-state index in [0.29, 0.717) is 6.42 Å². The lowest BCUT2D eigenvalue weighted by Gasteiger charge is -2.23. The van der Waals surface area contributed by atoms with Crippen molar-refractivity contribution in [2.75, 3.05) is 0 Å². The van der Waals surface area contributed by atoms with Crippen LogP contribution in [0.5, 0.6) is 0 Å². The van der Waals surface area contributed by atoms with Crippen LogP contribution in [0.3, 0.4) is 0 Å². The van der Waals surface area contributed by atoms with Gasteiger partial charge in [-0.05, 0) is 12.0 Å². The van der Waals surface area contributed by atoms with Crippen molar-refractivity contribution in [1.82, 2.24) is 0 Å². The second-order valence-corrected chi connectivity index (χ2v) is 4.39. The van der Waals surface area contributed by atoms with E-state index in [2.05, 4.69) is 0 Å². The van der Waals surface area contributed by atoms with E-state index in [-0.39, 0.29) is 17.8 Å². The van der Waals surface area contributed by atoms with Crippen LogP contribution in [0, 0.1) is 5.92 Å². The average Bonchev–Trinajstić information content (AvgIpc) is 2.68. The van der Waals surface area contributed by atoms with Gasteiger partial charge in [-0.2, -0.15) is 0 Å². The SMILES string of the molecule is O=CC[C@@H]1C[C@H]2O[C@@H]1C(=O)c1ccccc12. The van der Waals surface area contributed by atoms with Crippen molar-refractivity contribution in [3.63, 3.8) is 0 Å². The van der Waals surface area contributed by atoms with Gasteiger partial charge in [0.1, 0.15) is 12.4 Å². The Labute approximate surface area is 93.4 Å². The summed E-state index contributed by atoms with van der Waals surface area (Å²) in [5.41, 5.74) is 1.76. The van der Waals surface area contributed by atoms with Gasteiger partial charge in [-0.25, -0.2) is 0 Å². The zero-order chi connectivity index (χ0) is 11.1. The average molecular weight is 216 g/mol. The first-order valence-electron chi connectivity index (χ1n) is 5.53. The molecule has 0 unspecified atom stereocenters. The molecule has 1 saturated heterocycles. The molecule has 2 bridgehead atoms. The van der Waals surface area contributed by atoms with E-state index < -0.39 is 6.10 Å². The van der Waals surface area contributed by atoms with E-state index >= 15 is 0 Å². The number of hydrogen-bond donors (Lipinski definition) is 0. The van der Waals surface area contributed by atoms with Crippen molar-refractivity contribution in [2.45, 2.75) is 25.0 Å². The summed E-state index contributed by atoms with van der Waals surface area (Å²) in [4.78, 5) is 22.7. The Morgan fingerprint density at radius 3 is 3.00 bits per heavy atom. The van der Waals surface area contributed by atoms with Crippen molar-refractivity contribution < 1.29 is 14.3 Å². The van der Waals surface area contributed by atoms with Gasteiger partial charge in [-0.15, -0.1) is 0 Å². The van der Waals surface area contributed by atoms with Gasteiger partial charge < -0.3 is 9.53 Å². The largest absolute Gasteiger partial charge is 0.362 e. The molecule has 1 fully saturated rings. The van der Waals surface area contributed by atoms with Gasteiger partial charge in [0.05, 0.1) is 6.10 Å². The minimum Gasteiger partial charge on any atom is -0.362 e. The summed E-state index contributed by atoms with van der Waals surface area (Å²) in [5, 5.41) is 0. The summed E-state index contributed by atoms with van der Waals surface area (Å²) in [5.74, 6) is 0.0959. The van der Waals surface area contributed by atoms with Crippen LogP contribution in [-0.4, -0.2) is 18.2 Å². The van der Waals surface area contributed by atoms with E-state index in [9.17, 15) is 9.59 Å². The molecule has 3 heteroatoms. The number of carbonyl (C=O) groups is 2. The van der Waals surface area contributed by atoms with Gasteiger partial charge >= 0.3 is 0 Å². The number of Topliss-reactive ketones (excluding diaryl/α,β-unsaturated/α-hetero) is 1. The number of fused-ring (bicyclic) bond motifs is 4. The van der Waals surface area contributed by atoms with Crippen molar-refractivity contribution in [2.24, 2.45) is 5.92 Å². The molecular weight excluding hydrogens is 204 g/mol. The molecule has 2 aliphatic rings. The number of ketones is 1. The lowest BCUT2D eigenvalue weighted by molar-refractivity contribution is -0.108. The molecule has 0 N–H and O–H groups in total. The highest BCUT2D eigenvalue weighted by molar-refractivity contribution is 6.02. The van der Waals surface area contributed by atoms with Gasteiger partial charge in [0.25, 0.3) is 0 Å². The Balaban J connectivity index is 2.02. The molecule has 2 aliphatic heterocycles. The quantitative estimate of drug-likeness (QED) is 0.709. The summed E-state index contributed by atoms with van der Waals surface area (Å²) in [6, 6.07) is 7.58. The van der Waals surface area contributed by atoms with E-state index in [4.69, 9.17) is 4.74 Å². The fourth-order valence-electron chi connectivity index (χ4n) is 2.72. The molecule has 3 nitrogen and oxygen atoms in total. The molecular formula is C13H12O3. The predicted octanol–water partition coefficient (Wildman–Crippen LogP) is 1.92. The first kappa shape index (κ1) is 9.73. The number of aldehydes is 1. The fraction of sp³-hybridized carbons (Fsp3) is 0.385. The second kappa shape index (κ2) is 3.52. The van der Waals surface area contributed by atoms with E-state index in [0.717, 1.165) is 23.8 Å². The van der Waals surface area contributed by atoms with Gasteiger partial charge in [0.2, 0.25) is 0 Å². The highest BCUT2D eigenvalue weighted by atomic mass is 16.5. The summed E-state index contributed by atoms with van der Waals surface area (Å²) in [6.45, 7) is 0. The molecule has 1 aromatic carbocycles. The van der Waals surface area contributed by atoms with Crippen molar-refractivity contribution in [3.8, 4) is 0 Å². The van der Waals surface area contributed by atoms with Crippen molar-refractivity contribution in [1.29, 1.82) is 0 Å². The second-order valence-electron chi connectivity index (χ2n) is 4.39. The van der Waals surface area contributed by atoms with Gasteiger partial charge in [-0.1, -0.05) is 24.3 Å². The molecule has 2 heterocycles. The van der Waals surface area contributed by atoms with Gasteiger partial charge in [-0.3, -0.25) is 4.79 Å². The predicted molar refractivity (Wildman–Crippen MR) is 57.2 cm³/mol. The maximum atomic E-state index is 12.1. The molecule has 0 spiro atoms. The summed E-state index contributed by atoms with van der Waals surface area (Å²) >= 11 is 0. The van der Waals surface area contributed by atoms with E-state index in [1.807, 2.05) is 24.3 Å². The minimum atomic E-state index is -0.398. The Morgan fingerprint density at radius 1 is 1.38 bits per heavy atom. The first-order valence-corrected chi connectivity index (χ1v) is 5.53. The van der Waals surface area contributed by atoms with E-state index in [1.54, 1.807) is 0 Å². The van der Waals surface area contributed by atoms with Crippen molar-refractivity contribution in [3.05, 3.63) is 35.4 Å². The summed E-state index contributed by atoms with van der Waals surface area (Å²) in [7, 11) is 0. The normalized spacial score (nSPS) is 31.2. The third-order valence-corrected chi connectivity index (χ3v) is 3.49. The number of carbonyl (C=O) groups excluding carboxylic acids is 2. The molecule has 1 aromatic rings. The van der Waals surface area contributed by atoms with Crippen LogP contribution in [0.25, 0.3) is 0 Å². The Morgan fingerprint density at radius 2 is 2.19 bits per heavy atom. The minimum absolute atomic E-state index is 0.00356. The number of ether oxygens (including phenoxy) is 1. The Bertz CT molecular complexity index is 452. The molecule has 0 radical (unpaired) electrons. The maximum absolute atomic E-state index is 12.1. The van der Waals surface area contributed by atoms with Crippen LogP contribution in [0.4, 0.5) is 0 Å². The van der Waals surface area contributed by atoms with Crippen LogP contribution in [0.2, 0.25) is 0 Å². The van der Waals surface area contributed by atoms with Gasteiger partial charge in [0.15, 0.2) is 5.78 Å². The third kappa shape index (κ3) is 1.25. The van der Waals surface area contributed by atoms with Crippen LogP contribution in [-0.2, 0) is 9.53 Å². The monoisotopic (exact) mass is 216 g/mol. The van der Waals surface area contributed by atoms with Crippen LogP contribution >= 0.6 is 0 Å². The zero-order valence-electron chi connectivity index (χ0n) is 8.76. The molecule has 0 saturated carbocycles. The zero-order valence-corrected chi connectivity index (χ0v) is 8.76. The topological polar surface area (TPSA) is 43.4 Å². The van der Waals surface area contributed by atoms with E-state index in [1.165, 1.54) is 0 Å². The Kier molecular flexibility index (Phi) is 2.14. The first-order chi connectivity index (χ1) is 7.81. The molecule has 3 rings (SSSR count). The number of hydrogen-bond acceptors (Lipinski definition) is 3. The number of rotatable bonds is 2. The number of benzene rings is 1. The highest BCUT2D eigenvalue weighted by Gasteiger charge is 2.45. The smallest absolute Gasteiger partial charge is 0.192 e. The third-order valence-electron chi connectivity index (χ3n) is 3.49. The maximum Gasteiger partial charge on any atom is 0.192 e. The summed E-state index contributed by atoms with van der Waals surface area (Å²) in [6.07, 6.45) is 1.69. The molecule has 0 aliphatic carbocycles. The summed E-state index contributed by atoms with van der Waals surface area (Å²) < 4.78 is 5.69. The lowest BCUT2D eigenvalue weighted by atomic mass is 9.94. The fourth-order valence-corrected chi connectivity index (χ4v) is 2.72. The molecule has 82 valence electrons. The van der Waals surface area contributed by atoms with Crippen LogP contribution in [0.1, 0.15) is 34.9 Å². The van der Waals surface area contributed by atoms with Crippen LogP contribution in [0.15, 0.2) is 24.3 Å². The van der Waals surface area contributed by atoms with Crippen LogP contribution < -0.4 is 0 Å². The highest BCUT2D eigenvalue weighted by Crippen LogP contribution is 2.44. The van der Waals surface area contributed by atoms with Gasteiger partial charge in [0, 0.05) is 17.9 Å². The molecule has 16 heavy (non-hydrogen) atoms. The standard InChI is InChI=1S/C13H12O3/c14-6-5-8-7-11-9-3-1-2-4-10(9)12(15)13(8)16-11/h1-4,6,8,11,13H,5,7H2/t8-,11-,13+/m1/s1. The Hall–Kier alpha value is -1.48. The van der Waals surface area contributed by atoms with Crippen molar-refractivity contribution >= 4 is 12.1 Å². The lowest BCUT2D eigenvalue weighted by Crippen LogP contribution is -2.30.